The van der Waals surface area contributed by atoms with E-state index < -0.39 is 0 Å². The summed E-state index contributed by atoms with van der Waals surface area (Å²) in [6, 6.07) is 11.2. The molecule has 0 radical (unpaired) electrons. The molecular formula is C22H20Cl2N4O2S. The van der Waals surface area contributed by atoms with E-state index in [2.05, 4.69) is 5.32 Å². The van der Waals surface area contributed by atoms with Crippen LogP contribution in [-0.2, 0) is 4.79 Å². The molecule has 0 bridgehead atoms. The van der Waals surface area contributed by atoms with Gasteiger partial charge >= 0.3 is 0 Å². The molecule has 4 rings (SSSR count). The maximum absolute atomic E-state index is 11.7. The average Bonchev–Trinajstić information content (AvgIpc) is 3.10. The number of hydrogen-bond acceptors (Lipinski definition) is 5. The van der Waals surface area contributed by atoms with Crippen molar-refractivity contribution in [1.29, 1.82) is 0 Å². The van der Waals surface area contributed by atoms with E-state index in [1.807, 2.05) is 55.1 Å². The second-order valence-electron chi connectivity index (χ2n) is 7.30. The molecular weight excluding hydrogens is 455 g/mol. The van der Waals surface area contributed by atoms with Gasteiger partial charge in [-0.25, -0.2) is 4.68 Å². The first-order valence-corrected chi connectivity index (χ1v) is 11.3. The molecule has 0 spiro atoms. The molecule has 9 heteroatoms. The standard InChI is InChI=1S/C22H20Cl2N4O2S/c1-12(2)25-22-28(27-13(3)14-4-6-16(23)17(24)8-14)19(11-31-22)15-5-7-20-18(9-15)26-21(29)10-30-20/h4-9,11-12H,10H2,1-3H3,(H,26,29). The summed E-state index contributed by atoms with van der Waals surface area (Å²) in [5.41, 5.74) is 4.00. The minimum absolute atomic E-state index is 0.0232. The predicted octanol–water partition coefficient (Wildman–Crippen LogP) is 5.44. The minimum Gasteiger partial charge on any atom is -0.482 e. The van der Waals surface area contributed by atoms with Crippen molar-refractivity contribution in [2.24, 2.45) is 10.1 Å². The number of rotatable bonds is 4. The van der Waals surface area contributed by atoms with E-state index in [-0.39, 0.29) is 18.6 Å². The number of thiazole rings is 1. The van der Waals surface area contributed by atoms with Gasteiger partial charge in [-0.1, -0.05) is 29.3 Å². The lowest BCUT2D eigenvalue weighted by atomic mass is 10.1. The Labute approximate surface area is 193 Å². The zero-order chi connectivity index (χ0) is 22.1. The Bertz CT molecular complexity index is 1260. The predicted molar refractivity (Wildman–Crippen MR) is 127 cm³/mol. The van der Waals surface area contributed by atoms with Gasteiger partial charge in [-0.3, -0.25) is 9.79 Å². The van der Waals surface area contributed by atoms with Crippen LogP contribution in [0.1, 0.15) is 26.3 Å². The molecule has 0 unspecified atom stereocenters. The highest BCUT2D eigenvalue weighted by Gasteiger charge is 2.18. The number of nitrogens with one attached hydrogen (secondary N) is 1. The largest absolute Gasteiger partial charge is 0.482 e. The Kier molecular flexibility index (Phi) is 6.18. The smallest absolute Gasteiger partial charge is 0.262 e. The third-order valence-electron chi connectivity index (χ3n) is 4.55. The first-order valence-electron chi connectivity index (χ1n) is 9.64. The monoisotopic (exact) mass is 474 g/mol. The van der Waals surface area contributed by atoms with Crippen LogP contribution >= 0.6 is 34.5 Å². The molecule has 1 N–H and O–H groups in total. The number of nitrogens with zero attached hydrogens (tertiary/aromatic N) is 3. The van der Waals surface area contributed by atoms with Crippen LogP contribution in [0.3, 0.4) is 0 Å². The van der Waals surface area contributed by atoms with Gasteiger partial charge in [0.25, 0.3) is 5.91 Å². The van der Waals surface area contributed by atoms with E-state index in [0.29, 0.717) is 21.5 Å². The summed E-state index contributed by atoms with van der Waals surface area (Å²) in [5.74, 6) is 0.472. The Morgan fingerprint density at radius 2 is 2.00 bits per heavy atom. The van der Waals surface area contributed by atoms with Crippen LogP contribution in [0.2, 0.25) is 10.0 Å². The molecule has 31 heavy (non-hydrogen) atoms. The summed E-state index contributed by atoms with van der Waals surface area (Å²) in [4.78, 5) is 17.2. The van der Waals surface area contributed by atoms with Gasteiger partial charge < -0.3 is 10.1 Å². The quantitative estimate of drug-likeness (QED) is 0.511. The zero-order valence-corrected chi connectivity index (χ0v) is 19.5. The molecule has 0 fully saturated rings. The highest BCUT2D eigenvalue weighted by molar-refractivity contribution is 7.07. The van der Waals surface area contributed by atoms with Crippen molar-refractivity contribution in [3.05, 3.63) is 62.2 Å². The van der Waals surface area contributed by atoms with E-state index in [1.165, 1.54) is 11.3 Å². The number of carbonyl (C=O) groups is 1. The molecule has 2 heterocycles. The van der Waals surface area contributed by atoms with E-state index in [9.17, 15) is 4.79 Å². The summed E-state index contributed by atoms with van der Waals surface area (Å²) in [6.45, 7) is 5.97. The number of benzene rings is 2. The number of hydrogen-bond donors (Lipinski definition) is 1. The van der Waals surface area contributed by atoms with E-state index in [4.69, 9.17) is 38.0 Å². The van der Waals surface area contributed by atoms with Crippen LogP contribution in [0.5, 0.6) is 5.75 Å². The fraction of sp³-hybridized carbons (Fsp3) is 0.227. The van der Waals surface area contributed by atoms with Crippen molar-refractivity contribution < 1.29 is 9.53 Å². The van der Waals surface area contributed by atoms with Gasteiger partial charge in [0.15, 0.2) is 6.61 Å². The highest BCUT2D eigenvalue weighted by atomic mass is 35.5. The summed E-state index contributed by atoms with van der Waals surface area (Å²) in [6.07, 6.45) is 0. The van der Waals surface area contributed by atoms with Gasteiger partial charge in [-0.2, -0.15) is 5.10 Å². The fourth-order valence-electron chi connectivity index (χ4n) is 3.08. The second-order valence-corrected chi connectivity index (χ2v) is 8.95. The van der Waals surface area contributed by atoms with Gasteiger partial charge in [0.1, 0.15) is 5.75 Å². The first kappa shape index (κ1) is 21.6. The van der Waals surface area contributed by atoms with Crippen molar-refractivity contribution in [2.45, 2.75) is 26.8 Å². The number of ether oxygens (including phenoxy) is 1. The van der Waals surface area contributed by atoms with Crippen molar-refractivity contribution in [1.82, 2.24) is 4.68 Å². The van der Waals surface area contributed by atoms with Gasteiger partial charge in [0.05, 0.1) is 27.1 Å². The molecule has 1 aliphatic heterocycles. The van der Waals surface area contributed by atoms with E-state index in [1.54, 1.807) is 12.1 Å². The maximum atomic E-state index is 11.7. The number of halogens is 2. The number of fused-ring (bicyclic) bond motifs is 1. The van der Waals surface area contributed by atoms with Crippen molar-refractivity contribution in [2.75, 3.05) is 11.9 Å². The molecule has 0 atom stereocenters. The molecule has 0 aliphatic carbocycles. The summed E-state index contributed by atoms with van der Waals surface area (Å²) in [5, 5.41) is 10.7. The molecule has 0 saturated carbocycles. The van der Waals surface area contributed by atoms with E-state index in [0.717, 1.165) is 27.3 Å². The van der Waals surface area contributed by atoms with Crippen LogP contribution < -0.4 is 14.9 Å². The van der Waals surface area contributed by atoms with Crippen molar-refractivity contribution in [3.8, 4) is 17.0 Å². The Hall–Kier alpha value is -2.61. The topological polar surface area (TPSA) is 68.0 Å². The fourth-order valence-corrected chi connectivity index (χ4v) is 4.34. The van der Waals surface area contributed by atoms with Crippen LogP contribution in [-0.4, -0.2) is 28.9 Å². The van der Waals surface area contributed by atoms with Gasteiger partial charge in [0, 0.05) is 17.0 Å². The van der Waals surface area contributed by atoms with Crippen molar-refractivity contribution >= 4 is 51.8 Å². The van der Waals surface area contributed by atoms with Crippen LogP contribution in [0.4, 0.5) is 5.69 Å². The van der Waals surface area contributed by atoms with Gasteiger partial charge in [-0.15, -0.1) is 11.3 Å². The Morgan fingerprint density at radius 1 is 1.19 bits per heavy atom. The number of anilines is 1. The van der Waals surface area contributed by atoms with Gasteiger partial charge in [-0.05, 0) is 56.7 Å². The summed E-state index contributed by atoms with van der Waals surface area (Å²) in [7, 11) is 0. The van der Waals surface area contributed by atoms with Crippen LogP contribution in [0.15, 0.2) is 51.9 Å². The summed E-state index contributed by atoms with van der Waals surface area (Å²) >= 11 is 13.7. The van der Waals surface area contributed by atoms with Crippen LogP contribution in [0, 0.1) is 0 Å². The zero-order valence-electron chi connectivity index (χ0n) is 17.1. The van der Waals surface area contributed by atoms with Crippen LogP contribution in [0.25, 0.3) is 11.3 Å². The number of carbonyl (C=O) groups excluding carboxylic acids is 1. The van der Waals surface area contributed by atoms with E-state index >= 15 is 0 Å². The molecule has 0 saturated heterocycles. The first-order chi connectivity index (χ1) is 14.8. The molecule has 3 aromatic rings. The number of aromatic nitrogens is 1. The lowest BCUT2D eigenvalue weighted by Crippen LogP contribution is -2.25. The molecule has 1 aliphatic rings. The normalized spacial score (nSPS) is 14.5. The SMILES string of the molecule is CC(=Nn1c(-c2ccc3c(c2)NC(=O)CO3)csc1=NC(C)C)c1ccc(Cl)c(Cl)c1. The number of amides is 1. The van der Waals surface area contributed by atoms with Gasteiger partial charge in [0.2, 0.25) is 4.80 Å². The molecule has 160 valence electrons. The second kappa shape index (κ2) is 8.86. The minimum atomic E-state index is -0.174. The average molecular weight is 475 g/mol. The Balaban J connectivity index is 1.84. The third-order valence-corrected chi connectivity index (χ3v) is 6.12. The molecule has 1 aromatic heterocycles. The molecule has 2 aromatic carbocycles. The lowest BCUT2D eigenvalue weighted by molar-refractivity contribution is -0.118. The van der Waals surface area contributed by atoms with Crippen molar-refractivity contribution in [3.63, 3.8) is 0 Å². The lowest BCUT2D eigenvalue weighted by Gasteiger charge is -2.18. The third kappa shape index (κ3) is 4.69. The Morgan fingerprint density at radius 3 is 2.74 bits per heavy atom. The maximum Gasteiger partial charge on any atom is 0.262 e. The molecule has 1 amide bonds. The summed E-state index contributed by atoms with van der Waals surface area (Å²) < 4.78 is 7.29. The highest BCUT2D eigenvalue weighted by Crippen LogP contribution is 2.33. The molecule has 6 nitrogen and oxygen atoms in total.